The van der Waals surface area contributed by atoms with Crippen LogP contribution in [-0.4, -0.2) is 79.9 Å². The molecule has 1 N–H and O–H groups in total. The molecule has 0 bridgehead atoms. The van der Waals surface area contributed by atoms with Crippen LogP contribution in [0.5, 0.6) is 0 Å². The smallest absolute Gasteiger partial charge is 0.194 e. The third kappa shape index (κ3) is 6.46. The lowest BCUT2D eigenvalue weighted by Gasteiger charge is -2.34. The second kappa shape index (κ2) is 11.4. The SMILES string of the molecule is CCNC(=NCCCOCC1CCOCC1)N1CCOC(c2cnn(C)c2)C1. The number of hydrogen-bond donors (Lipinski definition) is 1. The van der Waals surface area contributed by atoms with E-state index in [1.54, 1.807) is 0 Å². The van der Waals surface area contributed by atoms with Gasteiger partial charge in [0, 0.05) is 64.9 Å². The zero-order chi connectivity index (χ0) is 19.6. The average molecular weight is 394 g/mol. The Balaban J connectivity index is 1.42. The van der Waals surface area contributed by atoms with E-state index in [2.05, 4.69) is 22.2 Å². The molecule has 2 saturated heterocycles. The van der Waals surface area contributed by atoms with Gasteiger partial charge in [-0.05, 0) is 32.1 Å². The molecule has 0 radical (unpaired) electrons. The van der Waals surface area contributed by atoms with Gasteiger partial charge >= 0.3 is 0 Å². The number of hydrogen-bond acceptors (Lipinski definition) is 5. The number of ether oxygens (including phenoxy) is 3. The number of rotatable bonds is 8. The van der Waals surface area contributed by atoms with Crippen LogP contribution >= 0.6 is 0 Å². The highest BCUT2D eigenvalue weighted by Gasteiger charge is 2.25. The molecular formula is C20H35N5O3. The van der Waals surface area contributed by atoms with Crippen LogP contribution in [0.15, 0.2) is 17.4 Å². The van der Waals surface area contributed by atoms with Gasteiger partial charge in [0.15, 0.2) is 5.96 Å². The van der Waals surface area contributed by atoms with Crippen LogP contribution in [0, 0.1) is 5.92 Å². The molecule has 8 nitrogen and oxygen atoms in total. The van der Waals surface area contributed by atoms with Crippen LogP contribution in [0.1, 0.15) is 37.9 Å². The van der Waals surface area contributed by atoms with E-state index in [0.717, 1.165) is 83.4 Å². The van der Waals surface area contributed by atoms with Crippen molar-refractivity contribution in [2.45, 2.75) is 32.3 Å². The number of nitrogens with one attached hydrogen (secondary N) is 1. The van der Waals surface area contributed by atoms with Crippen molar-refractivity contribution in [2.75, 3.05) is 59.2 Å². The molecule has 0 spiro atoms. The number of nitrogens with zero attached hydrogens (tertiary/aromatic N) is 4. The van der Waals surface area contributed by atoms with Crippen LogP contribution in [0.2, 0.25) is 0 Å². The zero-order valence-electron chi connectivity index (χ0n) is 17.3. The summed E-state index contributed by atoms with van der Waals surface area (Å²) in [5.41, 5.74) is 1.12. The van der Waals surface area contributed by atoms with Crippen molar-refractivity contribution in [2.24, 2.45) is 18.0 Å². The van der Waals surface area contributed by atoms with Gasteiger partial charge in [-0.25, -0.2) is 0 Å². The van der Waals surface area contributed by atoms with Gasteiger partial charge < -0.3 is 24.4 Å². The summed E-state index contributed by atoms with van der Waals surface area (Å²) in [4.78, 5) is 7.10. The van der Waals surface area contributed by atoms with Crippen molar-refractivity contribution >= 4 is 5.96 Å². The van der Waals surface area contributed by atoms with Gasteiger partial charge in [0.05, 0.1) is 19.3 Å². The number of aliphatic imine (C=N–C) groups is 1. The summed E-state index contributed by atoms with van der Waals surface area (Å²) in [5.74, 6) is 1.62. The highest BCUT2D eigenvalue weighted by molar-refractivity contribution is 5.80. The number of guanidine groups is 1. The average Bonchev–Trinajstić information content (AvgIpc) is 3.17. The van der Waals surface area contributed by atoms with E-state index >= 15 is 0 Å². The Morgan fingerprint density at radius 1 is 1.36 bits per heavy atom. The number of aryl methyl sites for hydroxylation is 1. The number of morpholine rings is 1. The summed E-state index contributed by atoms with van der Waals surface area (Å²) in [7, 11) is 1.93. The molecule has 0 aromatic carbocycles. The summed E-state index contributed by atoms with van der Waals surface area (Å²) in [6.07, 6.45) is 7.13. The molecule has 8 heteroatoms. The first-order valence-corrected chi connectivity index (χ1v) is 10.5. The van der Waals surface area contributed by atoms with Crippen LogP contribution in [0.25, 0.3) is 0 Å². The molecule has 158 valence electrons. The molecule has 0 amide bonds. The van der Waals surface area contributed by atoms with Gasteiger partial charge in [-0.1, -0.05) is 0 Å². The third-order valence-electron chi connectivity index (χ3n) is 5.20. The van der Waals surface area contributed by atoms with E-state index in [1.165, 1.54) is 0 Å². The minimum absolute atomic E-state index is 0.0362. The molecule has 2 fully saturated rings. The Morgan fingerprint density at radius 3 is 2.96 bits per heavy atom. The second-order valence-corrected chi connectivity index (χ2v) is 7.47. The molecular weight excluding hydrogens is 358 g/mol. The Morgan fingerprint density at radius 2 is 2.21 bits per heavy atom. The topological polar surface area (TPSA) is 73.1 Å². The normalized spacial score (nSPS) is 21.9. The predicted molar refractivity (Wildman–Crippen MR) is 108 cm³/mol. The van der Waals surface area contributed by atoms with Gasteiger partial charge in [-0.15, -0.1) is 0 Å². The first-order valence-electron chi connectivity index (χ1n) is 10.5. The second-order valence-electron chi connectivity index (χ2n) is 7.47. The van der Waals surface area contributed by atoms with Crippen LogP contribution in [0.3, 0.4) is 0 Å². The van der Waals surface area contributed by atoms with Crippen LogP contribution in [-0.2, 0) is 21.3 Å². The van der Waals surface area contributed by atoms with Gasteiger partial charge in [0.1, 0.15) is 6.10 Å². The van der Waals surface area contributed by atoms with Crippen molar-refractivity contribution in [3.63, 3.8) is 0 Å². The molecule has 28 heavy (non-hydrogen) atoms. The molecule has 1 aromatic heterocycles. The fourth-order valence-electron chi connectivity index (χ4n) is 3.59. The van der Waals surface area contributed by atoms with E-state index in [-0.39, 0.29) is 6.10 Å². The quantitative estimate of drug-likeness (QED) is 0.411. The minimum atomic E-state index is 0.0362. The third-order valence-corrected chi connectivity index (χ3v) is 5.20. The van der Waals surface area contributed by atoms with Crippen LogP contribution < -0.4 is 5.32 Å². The predicted octanol–water partition coefficient (Wildman–Crippen LogP) is 1.59. The molecule has 1 atom stereocenters. The maximum atomic E-state index is 5.94. The summed E-state index contributed by atoms with van der Waals surface area (Å²) in [6.45, 7) is 9.43. The van der Waals surface area contributed by atoms with Crippen molar-refractivity contribution in [1.82, 2.24) is 20.0 Å². The Labute approximate surface area is 168 Å². The van der Waals surface area contributed by atoms with E-state index < -0.39 is 0 Å². The van der Waals surface area contributed by atoms with Crippen molar-refractivity contribution in [3.05, 3.63) is 18.0 Å². The highest BCUT2D eigenvalue weighted by Crippen LogP contribution is 2.21. The lowest BCUT2D eigenvalue weighted by Crippen LogP contribution is -2.48. The first kappa shape index (κ1) is 21.1. The van der Waals surface area contributed by atoms with Gasteiger partial charge in [-0.3, -0.25) is 9.67 Å². The Bertz CT molecular complexity index is 600. The largest absolute Gasteiger partial charge is 0.381 e. The first-order chi connectivity index (χ1) is 13.8. The lowest BCUT2D eigenvalue weighted by molar-refractivity contribution is -0.00807. The summed E-state index contributed by atoms with van der Waals surface area (Å²) >= 11 is 0. The highest BCUT2D eigenvalue weighted by atomic mass is 16.5. The standard InChI is InChI=1S/C20H35N5O3/c1-3-21-20(22-7-4-9-27-16-17-5-10-26-11-6-17)25-8-12-28-19(15-25)18-13-23-24(2)14-18/h13-14,17,19H,3-12,15-16H2,1-2H3,(H,21,22). The van der Waals surface area contributed by atoms with Crippen molar-refractivity contribution in [1.29, 1.82) is 0 Å². The summed E-state index contributed by atoms with van der Waals surface area (Å²) < 4.78 is 19.0. The van der Waals surface area contributed by atoms with Gasteiger partial charge in [0.25, 0.3) is 0 Å². The van der Waals surface area contributed by atoms with E-state index in [0.29, 0.717) is 12.5 Å². The number of aromatic nitrogens is 2. The molecule has 2 aliphatic heterocycles. The molecule has 1 unspecified atom stereocenters. The van der Waals surface area contributed by atoms with E-state index in [9.17, 15) is 0 Å². The Hall–Kier alpha value is -1.64. The van der Waals surface area contributed by atoms with E-state index in [4.69, 9.17) is 19.2 Å². The Kier molecular flexibility index (Phi) is 8.57. The molecule has 2 aliphatic rings. The molecule has 3 heterocycles. The fourth-order valence-corrected chi connectivity index (χ4v) is 3.59. The van der Waals surface area contributed by atoms with Crippen molar-refractivity contribution in [3.8, 4) is 0 Å². The van der Waals surface area contributed by atoms with Crippen molar-refractivity contribution < 1.29 is 14.2 Å². The maximum absolute atomic E-state index is 5.94. The zero-order valence-corrected chi connectivity index (χ0v) is 17.3. The monoisotopic (exact) mass is 393 g/mol. The van der Waals surface area contributed by atoms with Gasteiger partial charge in [-0.2, -0.15) is 5.10 Å². The summed E-state index contributed by atoms with van der Waals surface area (Å²) in [6, 6.07) is 0. The lowest BCUT2D eigenvalue weighted by atomic mass is 10.0. The van der Waals surface area contributed by atoms with E-state index in [1.807, 2.05) is 24.1 Å². The summed E-state index contributed by atoms with van der Waals surface area (Å²) in [5, 5.41) is 7.68. The molecule has 0 saturated carbocycles. The minimum Gasteiger partial charge on any atom is -0.381 e. The maximum Gasteiger partial charge on any atom is 0.194 e. The van der Waals surface area contributed by atoms with Gasteiger partial charge in [0.2, 0.25) is 0 Å². The molecule has 3 rings (SSSR count). The molecule has 0 aliphatic carbocycles. The fraction of sp³-hybridized carbons (Fsp3) is 0.800. The molecule has 1 aromatic rings. The van der Waals surface area contributed by atoms with Crippen LogP contribution in [0.4, 0.5) is 0 Å².